The summed E-state index contributed by atoms with van der Waals surface area (Å²) in [6, 6.07) is 23.2. The first-order chi connectivity index (χ1) is 13.5. The lowest BCUT2D eigenvalue weighted by Crippen LogP contribution is -2.45. The predicted octanol–water partition coefficient (Wildman–Crippen LogP) is 5.85. The zero-order chi connectivity index (χ0) is 19.6. The van der Waals surface area contributed by atoms with Gasteiger partial charge in [0, 0.05) is 20.0 Å². The topological polar surface area (TPSA) is 27.7 Å². The van der Waals surface area contributed by atoms with Crippen LogP contribution in [0.15, 0.2) is 66.7 Å². The molecule has 3 heteroatoms. The first kappa shape index (κ1) is 19.0. The molecule has 0 aromatic heterocycles. The van der Waals surface area contributed by atoms with Crippen LogP contribution in [-0.2, 0) is 21.7 Å². The third kappa shape index (κ3) is 3.91. The maximum absolute atomic E-state index is 6.13. The highest BCUT2D eigenvalue weighted by Crippen LogP contribution is 2.42. The van der Waals surface area contributed by atoms with Crippen LogP contribution in [0.3, 0.4) is 0 Å². The maximum Gasteiger partial charge on any atom is 0.120 e. The van der Waals surface area contributed by atoms with Gasteiger partial charge in [-0.2, -0.15) is 0 Å². The highest BCUT2D eigenvalue weighted by Gasteiger charge is 2.42. The molecule has 1 fully saturated rings. The van der Waals surface area contributed by atoms with Crippen LogP contribution in [0.5, 0.6) is 5.75 Å². The van der Waals surface area contributed by atoms with Gasteiger partial charge in [-0.1, -0.05) is 48.5 Å². The first-order valence-electron chi connectivity index (χ1n) is 9.90. The van der Waals surface area contributed by atoms with Gasteiger partial charge in [-0.05, 0) is 53.9 Å². The van der Waals surface area contributed by atoms with Gasteiger partial charge < -0.3 is 14.2 Å². The van der Waals surface area contributed by atoms with Crippen LogP contribution >= 0.6 is 0 Å². The highest BCUT2D eigenvalue weighted by molar-refractivity contribution is 5.82. The van der Waals surface area contributed by atoms with Gasteiger partial charge in [-0.25, -0.2) is 0 Å². The second-order valence-corrected chi connectivity index (χ2v) is 8.23. The van der Waals surface area contributed by atoms with Crippen molar-refractivity contribution in [2.75, 3.05) is 13.7 Å². The van der Waals surface area contributed by atoms with Crippen molar-refractivity contribution >= 4 is 10.8 Å². The van der Waals surface area contributed by atoms with E-state index in [4.69, 9.17) is 14.2 Å². The summed E-state index contributed by atoms with van der Waals surface area (Å²) in [5.41, 5.74) is 1.79. The van der Waals surface area contributed by atoms with Crippen molar-refractivity contribution in [3.05, 3.63) is 77.9 Å². The predicted molar refractivity (Wildman–Crippen MR) is 113 cm³/mol. The second-order valence-electron chi connectivity index (χ2n) is 8.23. The molecule has 1 aliphatic heterocycles. The van der Waals surface area contributed by atoms with Gasteiger partial charge in [0.1, 0.15) is 12.4 Å². The minimum absolute atomic E-state index is 0.198. The van der Waals surface area contributed by atoms with Gasteiger partial charge in [0.25, 0.3) is 0 Å². The Morgan fingerprint density at radius 1 is 0.929 bits per heavy atom. The molecule has 0 amide bonds. The molecular weight excluding hydrogens is 348 g/mol. The fraction of sp³-hybridized carbons (Fsp3) is 0.360. The quantitative estimate of drug-likeness (QED) is 0.559. The number of benzene rings is 3. The van der Waals surface area contributed by atoms with Crippen molar-refractivity contribution in [1.82, 2.24) is 0 Å². The molecule has 3 nitrogen and oxygen atoms in total. The first-order valence-corrected chi connectivity index (χ1v) is 9.90. The monoisotopic (exact) mass is 376 g/mol. The van der Waals surface area contributed by atoms with Crippen molar-refractivity contribution < 1.29 is 14.2 Å². The Balaban J connectivity index is 1.53. The average Bonchev–Trinajstić information content (AvgIpc) is 2.71. The van der Waals surface area contributed by atoms with E-state index in [1.807, 2.05) is 12.1 Å². The Kier molecular flexibility index (Phi) is 5.13. The summed E-state index contributed by atoms with van der Waals surface area (Å²) in [6.45, 7) is 5.49. The van der Waals surface area contributed by atoms with E-state index in [2.05, 4.69) is 68.4 Å². The Morgan fingerprint density at radius 2 is 1.75 bits per heavy atom. The van der Waals surface area contributed by atoms with Crippen molar-refractivity contribution in [2.24, 2.45) is 0 Å². The molecule has 0 saturated carbocycles. The van der Waals surface area contributed by atoms with Crippen LogP contribution in [0.25, 0.3) is 10.8 Å². The fourth-order valence-corrected chi connectivity index (χ4v) is 4.22. The lowest BCUT2D eigenvalue weighted by Gasteiger charge is -2.44. The Bertz CT molecular complexity index is 963. The molecule has 0 spiro atoms. The van der Waals surface area contributed by atoms with E-state index < -0.39 is 0 Å². The molecule has 28 heavy (non-hydrogen) atoms. The van der Waals surface area contributed by atoms with E-state index in [9.17, 15) is 0 Å². The van der Waals surface area contributed by atoms with Gasteiger partial charge >= 0.3 is 0 Å². The Morgan fingerprint density at radius 3 is 2.54 bits per heavy atom. The van der Waals surface area contributed by atoms with Gasteiger partial charge in [-0.15, -0.1) is 0 Å². The molecular formula is C25H28O3. The van der Waals surface area contributed by atoms with E-state index in [0.29, 0.717) is 13.2 Å². The van der Waals surface area contributed by atoms with Gasteiger partial charge in [0.2, 0.25) is 0 Å². The minimum atomic E-state index is -0.329. The third-order valence-corrected chi connectivity index (χ3v) is 5.68. The third-order valence-electron chi connectivity index (χ3n) is 5.68. The van der Waals surface area contributed by atoms with Gasteiger partial charge in [0.05, 0.1) is 17.8 Å². The van der Waals surface area contributed by atoms with Crippen LogP contribution in [0.4, 0.5) is 0 Å². The lowest BCUT2D eigenvalue weighted by molar-refractivity contribution is -0.162. The van der Waals surface area contributed by atoms with Crippen LogP contribution < -0.4 is 4.74 Å². The average molecular weight is 376 g/mol. The molecule has 3 aromatic carbocycles. The Labute approximate surface area is 167 Å². The summed E-state index contributed by atoms with van der Waals surface area (Å²) in [4.78, 5) is 0. The number of fused-ring (bicyclic) bond motifs is 1. The van der Waals surface area contributed by atoms with Crippen molar-refractivity contribution in [1.29, 1.82) is 0 Å². The van der Waals surface area contributed by atoms with Crippen LogP contribution in [-0.4, -0.2) is 19.3 Å². The van der Waals surface area contributed by atoms with Crippen LogP contribution in [0.1, 0.15) is 37.8 Å². The Hall–Kier alpha value is -2.36. The van der Waals surface area contributed by atoms with E-state index >= 15 is 0 Å². The molecule has 3 aromatic rings. The minimum Gasteiger partial charge on any atom is -0.489 e. The molecule has 0 N–H and O–H groups in total. The molecule has 1 aliphatic rings. The van der Waals surface area contributed by atoms with Crippen molar-refractivity contribution in [3.8, 4) is 5.75 Å². The smallest absolute Gasteiger partial charge is 0.120 e. The van der Waals surface area contributed by atoms with Gasteiger partial charge in [-0.3, -0.25) is 0 Å². The van der Waals surface area contributed by atoms with Crippen molar-refractivity contribution in [2.45, 2.75) is 44.5 Å². The van der Waals surface area contributed by atoms with Crippen LogP contribution in [0.2, 0.25) is 0 Å². The molecule has 0 bridgehead atoms. The highest BCUT2D eigenvalue weighted by atomic mass is 16.5. The number of hydrogen-bond donors (Lipinski definition) is 0. The normalized spacial score (nSPS) is 21.5. The SMILES string of the molecule is COC1(c2cccc(OCc3ccc4ccccc4c3)c2)CCOC(C)(C)C1. The molecule has 0 radical (unpaired) electrons. The van der Waals surface area contributed by atoms with Crippen LogP contribution in [0, 0.1) is 0 Å². The van der Waals surface area contributed by atoms with Crippen molar-refractivity contribution in [3.63, 3.8) is 0 Å². The lowest BCUT2D eigenvalue weighted by atomic mass is 9.79. The fourth-order valence-electron chi connectivity index (χ4n) is 4.22. The zero-order valence-corrected chi connectivity index (χ0v) is 16.9. The molecule has 1 heterocycles. The van der Waals surface area contributed by atoms with Gasteiger partial charge in [0.15, 0.2) is 0 Å². The molecule has 4 rings (SSSR count). The maximum atomic E-state index is 6.13. The summed E-state index contributed by atoms with van der Waals surface area (Å²) in [5.74, 6) is 0.867. The molecule has 146 valence electrons. The molecule has 1 atom stereocenters. The number of hydrogen-bond acceptors (Lipinski definition) is 3. The van der Waals surface area contributed by atoms with E-state index in [1.165, 1.54) is 10.8 Å². The molecule has 0 aliphatic carbocycles. The standard InChI is InChI=1S/C25H28O3/c1-24(2)18-25(26-3,13-14-28-24)22-9-6-10-23(16-22)27-17-19-11-12-20-7-4-5-8-21(20)15-19/h4-12,15-16H,13-14,17-18H2,1-3H3. The molecule has 1 unspecified atom stereocenters. The summed E-state index contributed by atoms with van der Waals surface area (Å²) in [6.07, 6.45) is 1.67. The molecule has 1 saturated heterocycles. The summed E-state index contributed by atoms with van der Waals surface area (Å²) in [5, 5.41) is 2.48. The summed E-state index contributed by atoms with van der Waals surface area (Å²) < 4.78 is 18.1. The second kappa shape index (κ2) is 7.57. The number of methoxy groups -OCH3 is 1. The number of rotatable bonds is 5. The number of ether oxygens (including phenoxy) is 3. The summed E-state index contributed by atoms with van der Waals surface area (Å²) >= 11 is 0. The summed E-state index contributed by atoms with van der Waals surface area (Å²) in [7, 11) is 1.80. The zero-order valence-electron chi connectivity index (χ0n) is 16.9. The van der Waals surface area contributed by atoms with E-state index in [1.54, 1.807) is 7.11 Å². The van der Waals surface area contributed by atoms with E-state index in [-0.39, 0.29) is 11.2 Å². The largest absolute Gasteiger partial charge is 0.489 e. The van der Waals surface area contributed by atoms with E-state index in [0.717, 1.165) is 29.7 Å².